The van der Waals surface area contributed by atoms with Crippen LogP contribution in [0.2, 0.25) is 5.02 Å². The van der Waals surface area contributed by atoms with Crippen LogP contribution in [0.4, 0.5) is 4.39 Å². The van der Waals surface area contributed by atoms with Crippen molar-refractivity contribution in [1.29, 1.82) is 0 Å². The summed E-state index contributed by atoms with van der Waals surface area (Å²) in [5.74, 6) is -0.378. The van der Waals surface area contributed by atoms with Gasteiger partial charge in [0.15, 0.2) is 0 Å². The lowest BCUT2D eigenvalue weighted by atomic mass is 10.2. The van der Waals surface area contributed by atoms with Crippen molar-refractivity contribution >= 4 is 38.9 Å². The van der Waals surface area contributed by atoms with E-state index in [0.717, 1.165) is 16.6 Å². The third-order valence-corrected chi connectivity index (χ3v) is 4.51. The van der Waals surface area contributed by atoms with Crippen molar-refractivity contribution in [3.05, 3.63) is 55.4 Å². The molecular formula is C12H10BrClFNS. The van der Waals surface area contributed by atoms with Crippen LogP contribution in [0, 0.1) is 5.82 Å². The first-order chi connectivity index (χ1) is 8.16. The van der Waals surface area contributed by atoms with E-state index < -0.39 is 0 Å². The molecule has 0 aliphatic carbocycles. The summed E-state index contributed by atoms with van der Waals surface area (Å²) < 4.78 is 14.1. The van der Waals surface area contributed by atoms with E-state index in [1.165, 1.54) is 10.9 Å². The van der Waals surface area contributed by atoms with Crippen LogP contribution >= 0.6 is 38.9 Å². The number of thiophene rings is 1. The number of hydrogen-bond acceptors (Lipinski definition) is 2. The second-order valence-electron chi connectivity index (χ2n) is 3.54. The van der Waals surface area contributed by atoms with Crippen molar-refractivity contribution in [1.82, 2.24) is 5.32 Å². The zero-order valence-corrected chi connectivity index (χ0v) is 12.0. The highest BCUT2D eigenvalue weighted by molar-refractivity contribution is 9.10. The molecule has 0 amide bonds. The van der Waals surface area contributed by atoms with E-state index in [4.69, 9.17) is 11.6 Å². The Balaban J connectivity index is 1.90. The highest BCUT2D eigenvalue weighted by atomic mass is 79.9. The maximum Gasteiger partial charge on any atom is 0.141 e. The van der Waals surface area contributed by atoms with Crippen molar-refractivity contribution in [3.8, 4) is 0 Å². The smallest absolute Gasteiger partial charge is 0.141 e. The van der Waals surface area contributed by atoms with Gasteiger partial charge in [0.1, 0.15) is 5.82 Å². The predicted octanol–water partition coefficient (Wildman–Crippen LogP) is 4.59. The summed E-state index contributed by atoms with van der Waals surface area (Å²) in [7, 11) is 0. The summed E-state index contributed by atoms with van der Waals surface area (Å²) in [5, 5.41) is 5.50. The highest BCUT2D eigenvalue weighted by Gasteiger charge is 2.02. The van der Waals surface area contributed by atoms with Gasteiger partial charge in [0.05, 0.1) is 5.02 Å². The topological polar surface area (TPSA) is 12.0 Å². The number of benzene rings is 1. The molecule has 0 radical (unpaired) electrons. The summed E-state index contributed by atoms with van der Waals surface area (Å²) in [6.07, 6.45) is 0. The molecule has 2 aromatic rings. The van der Waals surface area contributed by atoms with Crippen LogP contribution < -0.4 is 5.32 Å². The van der Waals surface area contributed by atoms with Gasteiger partial charge >= 0.3 is 0 Å². The fourth-order valence-corrected chi connectivity index (χ4v) is 3.09. The van der Waals surface area contributed by atoms with Gasteiger partial charge in [-0.05, 0) is 45.1 Å². The minimum atomic E-state index is -0.378. The molecule has 1 nitrogen and oxygen atoms in total. The molecule has 0 fully saturated rings. The lowest BCUT2D eigenvalue weighted by molar-refractivity contribution is 0.625. The van der Waals surface area contributed by atoms with Crippen molar-refractivity contribution in [2.24, 2.45) is 0 Å². The zero-order chi connectivity index (χ0) is 12.3. The van der Waals surface area contributed by atoms with Crippen LogP contribution in [0.3, 0.4) is 0 Å². The molecule has 2 rings (SSSR count). The lowest BCUT2D eigenvalue weighted by Crippen LogP contribution is -2.12. The SMILES string of the molecule is Fc1ccc(CNCc2sccc2Br)cc1Cl. The van der Waals surface area contributed by atoms with E-state index in [2.05, 4.69) is 21.2 Å². The highest BCUT2D eigenvalue weighted by Crippen LogP contribution is 2.22. The second-order valence-corrected chi connectivity index (χ2v) is 5.81. The molecule has 1 aromatic carbocycles. The summed E-state index contributed by atoms with van der Waals surface area (Å²) in [5.41, 5.74) is 0.976. The Morgan fingerprint density at radius 1 is 1.29 bits per heavy atom. The Morgan fingerprint density at radius 3 is 2.76 bits per heavy atom. The molecule has 1 aromatic heterocycles. The minimum absolute atomic E-state index is 0.168. The fourth-order valence-electron chi connectivity index (χ4n) is 1.42. The molecule has 1 heterocycles. The zero-order valence-electron chi connectivity index (χ0n) is 8.84. The van der Waals surface area contributed by atoms with Crippen LogP contribution in [0.15, 0.2) is 34.1 Å². The van der Waals surface area contributed by atoms with Gasteiger partial charge in [-0.1, -0.05) is 17.7 Å². The number of rotatable bonds is 4. The van der Waals surface area contributed by atoms with Crippen molar-refractivity contribution < 1.29 is 4.39 Å². The Bertz CT molecular complexity index is 515. The summed E-state index contributed by atoms with van der Waals surface area (Å²) >= 11 is 10.9. The van der Waals surface area contributed by atoms with E-state index >= 15 is 0 Å². The quantitative estimate of drug-likeness (QED) is 0.862. The maximum atomic E-state index is 12.9. The van der Waals surface area contributed by atoms with Gasteiger partial charge in [0, 0.05) is 22.4 Å². The van der Waals surface area contributed by atoms with E-state index in [-0.39, 0.29) is 10.8 Å². The van der Waals surface area contributed by atoms with Crippen LogP contribution in [-0.2, 0) is 13.1 Å². The van der Waals surface area contributed by atoms with E-state index in [0.29, 0.717) is 6.54 Å². The average Bonchev–Trinajstić information content (AvgIpc) is 2.70. The van der Waals surface area contributed by atoms with Gasteiger partial charge in [-0.2, -0.15) is 0 Å². The summed E-state index contributed by atoms with van der Waals surface area (Å²) in [6.45, 7) is 1.46. The largest absolute Gasteiger partial charge is 0.308 e. The molecule has 0 saturated heterocycles. The number of nitrogens with one attached hydrogen (secondary N) is 1. The lowest BCUT2D eigenvalue weighted by Gasteiger charge is -2.05. The Morgan fingerprint density at radius 2 is 2.12 bits per heavy atom. The minimum Gasteiger partial charge on any atom is -0.308 e. The molecule has 0 aliphatic rings. The van der Waals surface area contributed by atoms with Crippen molar-refractivity contribution in [2.75, 3.05) is 0 Å². The van der Waals surface area contributed by atoms with Crippen LogP contribution in [0.5, 0.6) is 0 Å². The molecule has 0 aliphatic heterocycles. The molecule has 90 valence electrons. The van der Waals surface area contributed by atoms with Gasteiger partial charge < -0.3 is 5.32 Å². The summed E-state index contributed by atoms with van der Waals surface area (Å²) in [6, 6.07) is 6.79. The number of hydrogen-bond donors (Lipinski definition) is 1. The van der Waals surface area contributed by atoms with Gasteiger partial charge in [-0.15, -0.1) is 11.3 Å². The van der Waals surface area contributed by atoms with E-state index in [1.54, 1.807) is 23.5 Å². The van der Waals surface area contributed by atoms with Gasteiger partial charge in [-0.25, -0.2) is 4.39 Å². The van der Waals surface area contributed by atoms with E-state index in [9.17, 15) is 4.39 Å². The third-order valence-electron chi connectivity index (χ3n) is 2.29. The monoisotopic (exact) mass is 333 g/mol. The Hall–Kier alpha value is -0.420. The average molecular weight is 335 g/mol. The summed E-state index contributed by atoms with van der Waals surface area (Å²) in [4.78, 5) is 1.25. The molecule has 0 bridgehead atoms. The van der Waals surface area contributed by atoms with Gasteiger partial charge in [-0.3, -0.25) is 0 Å². The normalized spacial score (nSPS) is 10.8. The van der Waals surface area contributed by atoms with Crippen molar-refractivity contribution in [2.45, 2.75) is 13.1 Å². The van der Waals surface area contributed by atoms with Gasteiger partial charge in [0.2, 0.25) is 0 Å². The molecule has 17 heavy (non-hydrogen) atoms. The first kappa shape index (κ1) is 13.0. The maximum absolute atomic E-state index is 12.9. The predicted molar refractivity (Wildman–Crippen MR) is 74.0 cm³/mol. The van der Waals surface area contributed by atoms with Crippen molar-refractivity contribution in [3.63, 3.8) is 0 Å². The molecule has 0 atom stereocenters. The first-order valence-corrected chi connectivity index (χ1v) is 7.08. The Labute approximate surface area is 117 Å². The fraction of sp³-hybridized carbons (Fsp3) is 0.167. The molecule has 0 spiro atoms. The van der Waals surface area contributed by atoms with E-state index in [1.807, 2.05) is 11.4 Å². The standard InChI is InChI=1S/C12H10BrClFNS/c13-9-3-4-17-12(9)7-16-6-8-1-2-11(15)10(14)5-8/h1-5,16H,6-7H2. The second kappa shape index (κ2) is 5.96. The third kappa shape index (κ3) is 3.52. The molecule has 0 unspecified atom stereocenters. The van der Waals surface area contributed by atoms with Crippen LogP contribution in [0.25, 0.3) is 0 Å². The van der Waals surface area contributed by atoms with Crippen LogP contribution in [0.1, 0.15) is 10.4 Å². The molecular weight excluding hydrogens is 325 g/mol. The Kier molecular flexibility index (Phi) is 4.56. The first-order valence-electron chi connectivity index (χ1n) is 5.03. The van der Waals surface area contributed by atoms with Gasteiger partial charge in [0.25, 0.3) is 0 Å². The molecule has 5 heteroatoms. The molecule has 0 saturated carbocycles. The molecule has 1 N–H and O–H groups in total. The van der Waals surface area contributed by atoms with Crippen LogP contribution in [-0.4, -0.2) is 0 Å². The number of halogens is 3.